The molecule has 0 unspecified atom stereocenters. The van der Waals surface area contributed by atoms with E-state index in [1.54, 1.807) is 0 Å². The summed E-state index contributed by atoms with van der Waals surface area (Å²) in [5.41, 5.74) is 1.02. The molecule has 8 heteroatoms. The predicted molar refractivity (Wildman–Crippen MR) is 92.8 cm³/mol. The molecule has 24 heavy (non-hydrogen) atoms. The van der Waals surface area contributed by atoms with E-state index < -0.39 is 4.92 Å². The number of phenolic OH excluding ortho intramolecular Hbond substituents is 1. The van der Waals surface area contributed by atoms with Crippen LogP contribution in [0.4, 0.5) is 10.8 Å². The number of rotatable bonds is 5. The van der Waals surface area contributed by atoms with Gasteiger partial charge in [-0.25, -0.2) is 9.98 Å². The molecule has 0 atom stereocenters. The van der Waals surface area contributed by atoms with Crippen molar-refractivity contribution in [2.24, 2.45) is 4.99 Å². The molecule has 1 N–H and O–H groups in total. The average Bonchev–Trinajstić information content (AvgIpc) is 2.96. The van der Waals surface area contributed by atoms with E-state index in [1.807, 2.05) is 25.1 Å². The highest BCUT2D eigenvalue weighted by atomic mass is 32.1. The van der Waals surface area contributed by atoms with Gasteiger partial charge >= 0.3 is 0 Å². The number of hydrogen-bond acceptors (Lipinski definition) is 7. The number of hydrogen-bond donors (Lipinski definition) is 1. The summed E-state index contributed by atoms with van der Waals surface area (Å²) < 4.78 is 6.40. The first kappa shape index (κ1) is 15.9. The van der Waals surface area contributed by atoms with Crippen LogP contribution in [0.25, 0.3) is 10.2 Å². The van der Waals surface area contributed by atoms with Crippen LogP contribution in [-0.4, -0.2) is 27.8 Å². The van der Waals surface area contributed by atoms with Crippen LogP contribution in [0.1, 0.15) is 12.5 Å². The Morgan fingerprint density at radius 1 is 1.38 bits per heavy atom. The monoisotopic (exact) mass is 343 g/mol. The lowest BCUT2D eigenvalue weighted by molar-refractivity contribution is -0.384. The Balaban J connectivity index is 1.86. The number of nitrogens with zero attached hydrogens (tertiary/aromatic N) is 3. The molecule has 1 heterocycles. The van der Waals surface area contributed by atoms with Crippen LogP contribution >= 0.6 is 11.3 Å². The number of ether oxygens (including phenoxy) is 1. The third-order valence-electron chi connectivity index (χ3n) is 3.20. The molecule has 1 aromatic heterocycles. The number of fused-ring (bicyclic) bond motifs is 1. The maximum Gasteiger partial charge on any atom is 0.273 e. The summed E-state index contributed by atoms with van der Waals surface area (Å²) in [7, 11) is 0. The summed E-state index contributed by atoms with van der Waals surface area (Å²) in [5, 5.41) is 21.0. The van der Waals surface area contributed by atoms with E-state index in [4.69, 9.17) is 4.74 Å². The van der Waals surface area contributed by atoms with Gasteiger partial charge in [-0.2, -0.15) is 0 Å². The first-order chi connectivity index (χ1) is 11.6. The molecule has 0 fully saturated rings. The van der Waals surface area contributed by atoms with Gasteiger partial charge in [0.2, 0.25) is 5.13 Å². The quantitative estimate of drug-likeness (QED) is 0.428. The van der Waals surface area contributed by atoms with E-state index in [2.05, 4.69) is 9.98 Å². The number of nitro benzene ring substituents is 1. The smallest absolute Gasteiger partial charge is 0.273 e. The van der Waals surface area contributed by atoms with Crippen molar-refractivity contribution >= 4 is 38.6 Å². The van der Waals surface area contributed by atoms with E-state index >= 15 is 0 Å². The van der Waals surface area contributed by atoms with Crippen LogP contribution in [-0.2, 0) is 0 Å². The second-order valence-electron chi connectivity index (χ2n) is 4.82. The minimum Gasteiger partial charge on any atom is -0.507 e. The van der Waals surface area contributed by atoms with Gasteiger partial charge in [-0.1, -0.05) is 11.3 Å². The summed E-state index contributed by atoms with van der Waals surface area (Å²) in [6.45, 7) is 2.51. The number of nitro groups is 1. The second-order valence-corrected chi connectivity index (χ2v) is 5.83. The Kier molecular flexibility index (Phi) is 4.39. The van der Waals surface area contributed by atoms with Crippen molar-refractivity contribution in [3.63, 3.8) is 0 Å². The fourth-order valence-corrected chi connectivity index (χ4v) is 2.92. The lowest BCUT2D eigenvalue weighted by Gasteiger charge is -2.00. The molecule has 3 aromatic rings. The number of benzene rings is 2. The van der Waals surface area contributed by atoms with E-state index in [0.29, 0.717) is 17.3 Å². The fraction of sp³-hybridized carbons (Fsp3) is 0.125. The van der Waals surface area contributed by atoms with Gasteiger partial charge < -0.3 is 9.84 Å². The molecule has 3 rings (SSSR count). The highest BCUT2D eigenvalue weighted by molar-refractivity contribution is 7.22. The van der Waals surface area contributed by atoms with Crippen molar-refractivity contribution < 1.29 is 14.8 Å². The molecule has 2 aromatic carbocycles. The van der Waals surface area contributed by atoms with E-state index in [1.165, 1.54) is 29.7 Å². The summed E-state index contributed by atoms with van der Waals surface area (Å²) in [6.07, 6.45) is 1.43. The molecule has 122 valence electrons. The molecular formula is C16H13N3O4S. The third kappa shape index (κ3) is 3.33. The zero-order chi connectivity index (χ0) is 17.1. The standard InChI is InChI=1S/C16H13N3O4S/c1-2-23-12-5-6-13-15(8-12)24-16(18-13)17-9-10-3-4-11(19(21)22)7-14(10)20/h3-9,20H,2H2,1H3/b17-9+. The van der Waals surface area contributed by atoms with Gasteiger partial charge in [-0.15, -0.1) is 0 Å². The molecule has 0 saturated carbocycles. The Morgan fingerprint density at radius 3 is 2.92 bits per heavy atom. The minimum absolute atomic E-state index is 0.173. The van der Waals surface area contributed by atoms with Gasteiger partial charge in [0.05, 0.1) is 27.8 Å². The van der Waals surface area contributed by atoms with Crippen LogP contribution in [0.3, 0.4) is 0 Å². The number of non-ortho nitro benzene ring substituents is 1. The summed E-state index contributed by atoms with van der Waals surface area (Å²) in [6, 6.07) is 9.46. The Hall–Kier alpha value is -3.00. The van der Waals surface area contributed by atoms with Crippen LogP contribution < -0.4 is 4.74 Å². The highest BCUT2D eigenvalue weighted by Gasteiger charge is 2.09. The summed E-state index contributed by atoms with van der Waals surface area (Å²) >= 11 is 1.39. The van der Waals surface area contributed by atoms with Crippen molar-refractivity contribution in [3.8, 4) is 11.5 Å². The zero-order valence-electron chi connectivity index (χ0n) is 12.7. The number of thiazole rings is 1. The maximum absolute atomic E-state index is 10.7. The summed E-state index contributed by atoms with van der Waals surface area (Å²) in [5.74, 6) is 0.574. The summed E-state index contributed by atoms with van der Waals surface area (Å²) in [4.78, 5) is 18.7. The van der Waals surface area contributed by atoms with Crippen molar-refractivity contribution in [2.75, 3.05) is 6.61 Å². The Labute approximate surface area is 141 Å². The number of aromatic hydroxyl groups is 1. The molecule has 0 radical (unpaired) electrons. The van der Waals surface area contributed by atoms with Gasteiger partial charge in [-0.05, 0) is 31.2 Å². The highest BCUT2D eigenvalue weighted by Crippen LogP contribution is 2.31. The topological polar surface area (TPSA) is 97.9 Å². The molecule has 0 amide bonds. The van der Waals surface area contributed by atoms with E-state index in [0.717, 1.165) is 22.0 Å². The van der Waals surface area contributed by atoms with Crippen molar-refractivity contribution in [3.05, 3.63) is 52.1 Å². The molecule has 0 aliphatic rings. The van der Waals surface area contributed by atoms with Crippen LogP contribution in [0.15, 0.2) is 41.4 Å². The first-order valence-corrected chi connectivity index (χ1v) is 7.93. The van der Waals surface area contributed by atoms with E-state index in [9.17, 15) is 15.2 Å². The van der Waals surface area contributed by atoms with Crippen molar-refractivity contribution in [1.29, 1.82) is 0 Å². The third-order valence-corrected chi connectivity index (χ3v) is 4.12. The lowest BCUT2D eigenvalue weighted by atomic mass is 10.2. The normalized spacial score (nSPS) is 11.2. The fourth-order valence-electron chi connectivity index (χ4n) is 2.08. The van der Waals surface area contributed by atoms with Gasteiger partial charge in [0.15, 0.2) is 0 Å². The molecule has 0 saturated heterocycles. The van der Waals surface area contributed by atoms with E-state index in [-0.39, 0.29) is 11.4 Å². The predicted octanol–water partition coefficient (Wildman–Crippen LogP) is 4.06. The van der Waals surface area contributed by atoms with Crippen LogP contribution in [0, 0.1) is 10.1 Å². The SMILES string of the molecule is CCOc1ccc2nc(/N=C/c3ccc([N+](=O)[O-])cc3O)sc2c1. The number of phenols is 1. The average molecular weight is 343 g/mol. The van der Waals surface area contributed by atoms with Crippen molar-refractivity contribution in [2.45, 2.75) is 6.92 Å². The van der Waals surface area contributed by atoms with Gasteiger partial charge in [0.1, 0.15) is 11.5 Å². The number of aliphatic imine (C=N–C) groups is 1. The Bertz CT molecular complexity index is 936. The minimum atomic E-state index is -0.565. The van der Waals surface area contributed by atoms with Crippen LogP contribution in [0.5, 0.6) is 11.5 Å². The first-order valence-electron chi connectivity index (χ1n) is 7.11. The molecule has 0 spiro atoms. The Morgan fingerprint density at radius 2 is 2.21 bits per heavy atom. The van der Waals surface area contributed by atoms with Gasteiger partial charge in [0, 0.05) is 17.8 Å². The van der Waals surface area contributed by atoms with Crippen LogP contribution in [0.2, 0.25) is 0 Å². The zero-order valence-corrected chi connectivity index (χ0v) is 13.5. The molecule has 7 nitrogen and oxygen atoms in total. The molecular weight excluding hydrogens is 330 g/mol. The maximum atomic E-state index is 10.7. The second kappa shape index (κ2) is 6.63. The lowest BCUT2D eigenvalue weighted by Crippen LogP contribution is -1.89. The van der Waals surface area contributed by atoms with Gasteiger partial charge in [-0.3, -0.25) is 10.1 Å². The van der Waals surface area contributed by atoms with Gasteiger partial charge in [0.25, 0.3) is 5.69 Å². The van der Waals surface area contributed by atoms with Crippen molar-refractivity contribution in [1.82, 2.24) is 4.98 Å². The largest absolute Gasteiger partial charge is 0.507 e. The molecule has 0 aliphatic heterocycles. The molecule has 0 aliphatic carbocycles. The number of aromatic nitrogens is 1. The molecule has 0 bridgehead atoms.